The molecule has 2 aromatic rings. The molecule has 0 bridgehead atoms. The molecule has 6 nitrogen and oxygen atoms in total. The van der Waals surface area contributed by atoms with Gasteiger partial charge < -0.3 is 9.80 Å². The first-order valence-corrected chi connectivity index (χ1v) is 12.3. The van der Waals surface area contributed by atoms with E-state index in [4.69, 9.17) is 0 Å². The lowest BCUT2D eigenvalue weighted by Gasteiger charge is -2.41. The molecule has 1 aliphatic carbocycles. The van der Waals surface area contributed by atoms with Crippen molar-refractivity contribution in [3.8, 4) is 11.1 Å². The Bertz CT molecular complexity index is 1130. The Hall–Kier alpha value is -2.67. The molecule has 0 radical (unpaired) electrons. The maximum absolute atomic E-state index is 13.0. The molecule has 7 heteroatoms. The topological polar surface area (TPSA) is 74.8 Å². The van der Waals surface area contributed by atoms with Gasteiger partial charge in [0, 0.05) is 19.4 Å². The van der Waals surface area contributed by atoms with Gasteiger partial charge in [0.2, 0.25) is 11.8 Å². The Labute approximate surface area is 183 Å². The number of hydrogen-bond acceptors (Lipinski definition) is 4. The maximum Gasteiger partial charge on any atom is 0.230 e. The SMILES string of the molecule is CC(=O)N1c2ccc(-c3ccc(S(=O)(=O)C(C)C)cc3)cc2N(C(=O)C2CC2)C[C@@H]1C. The first kappa shape index (κ1) is 21.6. The molecule has 1 saturated carbocycles. The Morgan fingerprint density at radius 1 is 0.968 bits per heavy atom. The minimum atomic E-state index is -3.33. The monoisotopic (exact) mass is 440 g/mol. The van der Waals surface area contributed by atoms with Gasteiger partial charge in [-0.2, -0.15) is 0 Å². The highest BCUT2D eigenvalue weighted by Gasteiger charge is 2.39. The summed E-state index contributed by atoms with van der Waals surface area (Å²) in [5.74, 6) is 0.142. The van der Waals surface area contributed by atoms with Crippen LogP contribution in [0.3, 0.4) is 0 Å². The second-order valence-electron chi connectivity index (χ2n) is 8.78. The average Bonchev–Trinajstić information content (AvgIpc) is 3.57. The van der Waals surface area contributed by atoms with Crippen LogP contribution in [0.2, 0.25) is 0 Å². The lowest BCUT2D eigenvalue weighted by molar-refractivity contribution is -0.120. The van der Waals surface area contributed by atoms with E-state index < -0.39 is 15.1 Å². The molecule has 1 aliphatic heterocycles. The van der Waals surface area contributed by atoms with Crippen molar-refractivity contribution < 1.29 is 18.0 Å². The highest BCUT2D eigenvalue weighted by Crippen LogP contribution is 2.42. The van der Waals surface area contributed by atoms with Crippen molar-refractivity contribution in [2.75, 3.05) is 16.3 Å². The van der Waals surface area contributed by atoms with Crippen LogP contribution in [0, 0.1) is 5.92 Å². The molecule has 2 aromatic carbocycles. The van der Waals surface area contributed by atoms with Crippen LogP contribution >= 0.6 is 0 Å². The Morgan fingerprint density at radius 3 is 2.13 bits per heavy atom. The standard InChI is InChI=1S/C24H28N2O4S/c1-15(2)31(29,30)21-10-7-18(8-11-21)20-9-12-22-23(13-20)25(24(28)19-5-6-19)14-16(3)26(22)17(4)27/h7-13,15-16,19H,5-6,14H2,1-4H3/t16-/m0/s1. The molecule has 1 heterocycles. The first-order valence-electron chi connectivity index (χ1n) is 10.7. The predicted octanol–water partition coefficient (Wildman–Crippen LogP) is 4.03. The van der Waals surface area contributed by atoms with Crippen molar-refractivity contribution in [3.05, 3.63) is 42.5 Å². The quantitative estimate of drug-likeness (QED) is 0.719. The van der Waals surface area contributed by atoms with Crippen LogP contribution in [0.1, 0.15) is 40.5 Å². The summed E-state index contributed by atoms with van der Waals surface area (Å²) in [5.41, 5.74) is 3.21. The van der Waals surface area contributed by atoms with Crippen LogP contribution in [0.25, 0.3) is 11.1 Å². The average molecular weight is 441 g/mol. The number of carbonyl (C=O) groups excluding carboxylic acids is 2. The molecule has 4 rings (SSSR count). The highest BCUT2D eigenvalue weighted by molar-refractivity contribution is 7.92. The second kappa shape index (κ2) is 7.79. The van der Waals surface area contributed by atoms with E-state index in [1.807, 2.05) is 30.0 Å². The Kier molecular flexibility index (Phi) is 5.41. The number of sulfone groups is 1. The third kappa shape index (κ3) is 3.87. The summed E-state index contributed by atoms with van der Waals surface area (Å²) >= 11 is 0. The van der Waals surface area contributed by atoms with Crippen molar-refractivity contribution in [2.45, 2.75) is 56.7 Å². The van der Waals surface area contributed by atoms with Gasteiger partial charge in [-0.15, -0.1) is 0 Å². The van der Waals surface area contributed by atoms with Crippen molar-refractivity contribution in [2.24, 2.45) is 5.92 Å². The molecule has 1 atom stereocenters. The zero-order valence-corrected chi connectivity index (χ0v) is 19.1. The van der Waals surface area contributed by atoms with Gasteiger partial charge >= 0.3 is 0 Å². The molecule has 0 spiro atoms. The molecular weight excluding hydrogens is 412 g/mol. The largest absolute Gasteiger partial charge is 0.308 e. The van der Waals surface area contributed by atoms with Crippen LogP contribution < -0.4 is 9.80 Å². The van der Waals surface area contributed by atoms with Gasteiger partial charge in [-0.05, 0) is 69.0 Å². The van der Waals surface area contributed by atoms with Gasteiger partial charge in [0.25, 0.3) is 0 Å². The van der Waals surface area contributed by atoms with E-state index in [0.29, 0.717) is 11.4 Å². The van der Waals surface area contributed by atoms with Crippen LogP contribution in [0.15, 0.2) is 47.4 Å². The fourth-order valence-electron chi connectivity index (χ4n) is 4.15. The van der Waals surface area contributed by atoms with E-state index in [1.165, 1.54) is 0 Å². The number of hydrogen-bond donors (Lipinski definition) is 0. The van der Waals surface area contributed by atoms with Gasteiger partial charge in [-0.25, -0.2) is 8.42 Å². The van der Waals surface area contributed by atoms with E-state index in [2.05, 4.69) is 0 Å². The number of anilines is 2. The number of amides is 2. The zero-order valence-electron chi connectivity index (χ0n) is 18.3. The van der Waals surface area contributed by atoms with Crippen molar-refractivity contribution in [1.82, 2.24) is 0 Å². The number of fused-ring (bicyclic) bond motifs is 1. The Balaban J connectivity index is 1.76. The molecule has 2 aliphatic rings. The molecule has 1 fully saturated rings. The molecular formula is C24H28N2O4S. The van der Waals surface area contributed by atoms with Gasteiger partial charge in [0.1, 0.15) is 0 Å². The van der Waals surface area contributed by atoms with Crippen molar-refractivity contribution >= 4 is 33.0 Å². The molecule has 2 amide bonds. The van der Waals surface area contributed by atoms with Gasteiger partial charge in [0.05, 0.1) is 27.6 Å². The van der Waals surface area contributed by atoms with E-state index in [0.717, 1.165) is 35.3 Å². The zero-order chi connectivity index (χ0) is 22.5. The normalized spacial score (nSPS) is 18.8. The van der Waals surface area contributed by atoms with Crippen molar-refractivity contribution in [3.63, 3.8) is 0 Å². The number of nitrogens with zero attached hydrogens (tertiary/aromatic N) is 2. The smallest absolute Gasteiger partial charge is 0.230 e. The maximum atomic E-state index is 13.0. The summed E-state index contributed by atoms with van der Waals surface area (Å²) in [6.45, 7) is 7.30. The second-order valence-corrected chi connectivity index (χ2v) is 11.3. The van der Waals surface area contributed by atoms with E-state index >= 15 is 0 Å². The number of rotatable bonds is 4. The van der Waals surface area contributed by atoms with Gasteiger partial charge in [-0.1, -0.05) is 18.2 Å². The summed E-state index contributed by atoms with van der Waals surface area (Å²) in [5, 5.41) is -0.483. The van der Waals surface area contributed by atoms with Crippen LogP contribution in [0.4, 0.5) is 11.4 Å². The van der Waals surface area contributed by atoms with Gasteiger partial charge in [0.15, 0.2) is 9.84 Å². The lowest BCUT2D eigenvalue weighted by atomic mass is 10.00. The molecule has 0 aromatic heterocycles. The Morgan fingerprint density at radius 2 is 1.58 bits per heavy atom. The van der Waals surface area contributed by atoms with E-state index in [1.54, 1.807) is 49.9 Å². The van der Waals surface area contributed by atoms with Crippen LogP contribution in [-0.2, 0) is 19.4 Å². The van der Waals surface area contributed by atoms with Gasteiger partial charge in [-0.3, -0.25) is 9.59 Å². The fourth-order valence-corrected chi connectivity index (χ4v) is 5.21. The molecule has 164 valence electrons. The minimum Gasteiger partial charge on any atom is -0.308 e. The van der Waals surface area contributed by atoms with Crippen LogP contribution in [0.5, 0.6) is 0 Å². The van der Waals surface area contributed by atoms with Crippen molar-refractivity contribution in [1.29, 1.82) is 0 Å². The van der Waals surface area contributed by atoms with Crippen LogP contribution in [-0.4, -0.2) is 38.1 Å². The summed E-state index contributed by atoms with van der Waals surface area (Å²) in [4.78, 5) is 29.1. The minimum absolute atomic E-state index is 0.0525. The van der Waals surface area contributed by atoms with E-state index in [9.17, 15) is 18.0 Å². The first-order chi connectivity index (χ1) is 14.6. The highest BCUT2D eigenvalue weighted by atomic mass is 32.2. The summed E-state index contributed by atoms with van der Waals surface area (Å²) in [7, 11) is -3.33. The molecule has 0 N–H and O–H groups in total. The molecule has 31 heavy (non-hydrogen) atoms. The molecule has 0 unspecified atom stereocenters. The summed E-state index contributed by atoms with van der Waals surface area (Å²) in [6.07, 6.45) is 1.84. The number of benzene rings is 2. The summed E-state index contributed by atoms with van der Waals surface area (Å²) < 4.78 is 24.8. The number of carbonyl (C=O) groups is 2. The summed E-state index contributed by atoms with van der Waals surface area (Å²) in [6, 6.07) is 12.5. The lowest BCUT2D eigenvalue weighted by Crippen LogP contribution is -2.51. The third-order valence-corrected chi connectivity index (χ3v) is 8.25. The molecule has 0 saturated heterocycles. The third-order valence-electron chi connectivity index (χ3n) is 6.08. The predicted molar refractivity (Wildman–Crippen MR) is 122 cm³/mol. The van der Waals surface area contributed by atoms with E-state index in [-0.39, 0.29) is 23.8 Å². The fraction of sp³-hybridized carbons (Fsp3) is 0.417.